The van der Waals surface area contributed by atoms with E-state index in [-0.39, 0.29) is 0 Å². The number of aromatic nitrogens is 3. The molecule has 3 heterocycles. The van der Waals surface area contributed by atoms with Crippen LogP contribution in [-0.2, 0) is 0 Å². The van der Waals surface area contributed by atoms with Crippen LogP contribution in [0.3, 0.4) is 0 Å². The van der Waals surface area contributed by atoms with Crippen molar-refractivity contribution >= 4 is 28.5 Å². The van der Waals surface area contributed by atoms with E-state index in [9.17, 15) is 0 Å². The molecule has 0 atom stereocenters. The number of nitrogens with two attached hydrogens (primary N) is 1. The highest BCUT2D eigenvalue weighted by Crippen LogP contribution is 2.36. The molecule has 2 N–H and O–H groups in total. The van der Waals surface area contributed by atoms with E-state index in [4.69, 9.17) is 17.3 Å². The monoisotopic (exact) mass is 341 g/mol. The van der Waals surface area contributed by atoms with Crippen molar-refractivity contribution in [2.45, 2.75) is 25.9 Å². The molecule has 1 aliphatic rings. The molecule has 0 spiro atoms. The highest BCUT2D eigenvalue weighted by molar-refractivity contribution is 6.30. The van der Waals surface area contributed by atoms with Gasteiger partial charge in [0.2, 0.25) is 0 Å². The van der Waals surface area contributed by atoms with Crippen molar-refractivity contribution < 1.29 is 0 Å². The summed E-state index contributed by atoms with van der Waals surface area (Å²) in [7, 11) is 0. The van der Waals surface area contributed by atoms with Crippen LogP contribution in [0.2, 0.25) is 5.02 Å². The van der Waals surface area contributed by atoms with Gasteiger partial charge in [-0.1, -0.05) is 23.7 Å². The van der Waals surface area contributed by atoms with Crippen molar-refractivity contribution in [1.29, 1.82) is 0 Å². The smallest absolute Gasteiger partial charge is 0.146 e. The quantitative estimate of drug-likeness (QED) is 0.790. The van der Waals surface area contributed by atoms with Gasteiger partial charge in [-0.2, -0.15) is 0 Å². The van der Waals surface area contributed by atoms with Gasteiger partial charge in [-0.05, 0) is 31.5 Å². The molecular formula is C18H20ClN5. The largest absolute Gasteiger partial charge is 0.383 e. The molecule has 0 radical (unpaired) electrons. The van der Waals surface area contributed by atoms with Gasteiger partial charge in [0.1, 0.15) is 17.8 Å². The molecule has 1 saturated heterocycles. The first-order valence-electron chi connectivity index (χ1n) is 8.15. The average molecular weight is 342 g/mol. The number of nitrogen functional groups attached to an aromatic ring is 1. The minimum absolute atomic E-state index is 0.422. The lowest BCUT2D eigenvalue weighted by molar-refractivity contribution is 0.0765. The van der Waals surface area contributed by atoms with Crippen molar-refractivity contribution in [3.63, 3.8) is 0 Å². The van der Waals surface area contributed by atoms with Crippen LogP contribution < -0.4 is 5.73 Å². The Morgan fingerprint density at radius 1 is 1.17 bits per heavy atom. The second-order valence-corrected chi connectivity index (χ2v) is 7.05. The van der Waals surface area contributed by atoms with Gasteiger partial charge < -0.3 is 10.3 Å². The van der Waals surface area contributed by atoms with Crippen LogP contribution in [0.5, 0.6) is 0 Å². The number of nitrogens with zero attached hydrogens (tertiary/aromatic N) is 4. The Balaban J connectivity index is 1.82. The van der Waals surface area contributed by atoms with Crippen molar-refractivity contribution in [2.24, 2.45) is 0 Å². The van der Waals surface area contributed by atoms with Gasteiger partial charge in [0.25, 0.3) is 0 Å². The summed E-state index contributed by atoms with van der Waals surface area (Å²) in [6.45, 7) is 6.52. The van der Waals surface area contributed by atoms with E-state index in [0.717, 1.165) is 40.3 Å². The summed E-state index contributed by atoms with van der Waals surface area (Å²) in [5.74, 6) is 0.517. The van der Waals surface area contributed by atoms with Gasteiger partial charge in [0, 0.05) is 35.9 Å². The number of rotatable bonds is 3. The van der Waals surface area contributed by atoms with Crippen LogP contribution in [0, 0.1) is 0 Å². The Morgan fingerprint density at radius 2 is 1.88 bits per heavy atom. The van der Waals surface area contributed by atoms with Crippen molar-refractivity contribution in [3.05, 3.63) is 41.8 Å². The second kappa shape index (κ2) is 5.76. The summed E-state index contributed by atoms with van der Waals surface area (Å²) in [5.41, 5.74) is 9.21. The number of hydrogen-bond acceptors (Lipinski definition) is 4. The molecule has 124 valence electrons. The number of likely N-dealkylation sites (tertiary alicyclic amines) is 1. The zero-order valence-electron chi connectivity index (χ0n) is 13.8. The Kier molecular flexibility index (Phi) is 3.70. The predicted octanol–water partition coefficient (Wildman–Crippen LogP) is 3.60. The Hall–Kier alpha value is -2.11. The van der Waals surface area contributed by atoms with Crippen molar-refractivity contribution in [3.8, 4) is 11.1 Å². The van der Waals surface area contributed by atoms with Crippen LogP contribution in [0.1, 0.15) is 19.9 Å². The van der Waals surface area contributed by atoms with Crippen molar-refractivity contribution in [1.82, 2.24) is 19.4 Å². The number of halogens is 1. The molecule has 1 aliphatic heterocycles. The molecule has 2 aromatic heterocycles. The fraction of sp³-hybridized carbons (Fsp3) is 0.333. The van der Waals surface area contributed by atoms with Gasteiger partial charge in [-0.25, -0.2) is 9.97 Å². The normalized spacial score (nSPS) is 16.0. The topological polar surface area (TPSA) is 60.0 Å². The highest BCUT2D eigenvalue weighted by atomic mass is 35.5. The SMILES string of the molecule is CC(C)N1CC(n2cc(-c3ccc(Cl)cc3)c3c(N)ncnc32)C1. The maximum atomic E-state index is 6.17. The molecule has 24 heavy (non-hydrogen) atoms. The van der Waals surface area contributed by atoms with Gasteiger partial charge >= 0.3 is 0 Å². The summed E-state index contributed by atoms with van der Waals surface area (Å²) < 4.78 is 2.25. The van der Waals surface area contributed by atoms with E-state index >= 15 is 0 Å². The first-order chi connectivity index (χ1) is 11.5. The van der Waals surface area contributed by atoms with E-state index in [1.54, 1.807) is 6.33 Å². The molecule has 1 aromatic carbocycles. The number of anilines is 1. The van der Waals surface area contributed by atoms with Gasteiger partial charge in [0.15, 0.2) is 0 Å². The zero-order chi connectivity index (χ0) is 16.8. The Morgan fingerprint density at radius 3 is 2.54 bits per heavy atom. The lowest BCUT2D eigenvalue weighted by atomic mass is 10.1. The molecule has 3 aromatic rings. The molecule has 4 rings (SSSR count). The lowest BCUT2D eigenvalue weighted by Gasteiger charge is -2.42. The summed E-state index contributed by atoms with van der Waals surface area (Å²) in [5, 5.41) is 1.64. The average Bonchev–Trinajstić information content (AvgIpc) is 2.87. The molecular weight excluding hydrogens is 322 g/mol. The Bertz CT molecular complexity index is 878. The fourth-order valence-corrected chi connectivity index (χ4v) is 3.45. The third-order valence-electron chi connectivity index (χ3n) is 4.81. The number of fused-ring (bicyclic) bond motifs is 1. The van der Waals surface area contributed by atoms with Gasteiger partial charge in [-0.15, -0.1) is 0 Å². The van der Waals surface area contributed by atoms with Crippen LogP contribution >= 0.6 is 11.6 Å². The van der Waals surface area contributed by atoms with Gasteiger partial charge in [-0.3, -0.25) is 4.90 Å². The maximum absolute atomic E-state index is 6.17. The maximum Gasteiger partial charge on any atom is 0.146 e. The summed E-state index contributed by atoms with van der Waals surface area (Å²) in [6, 6.07) is 8.79. The number of hydrogen-bond donors (Lipinski definition) is 1. The molecule has 5 nitrogen and oxygen atoms in total. The van der Waals surface area contributed by atoms with Crippen LogP contribution in [0.25, 0.3) is 22.2 Å². The molecule has 0 saturated carbocycles. The molecule has 0 bridgehead atoms. The van der Waals surface area contributed by atoms with E-state index < -0.39 is 0 Å². The minimum Gasteiger partial charge on any atom is -0.383 e. The molecule has 0 unspecified atom stereocenters. The molecule has 1 fully saturated rings. The number of benzene rings is 1. The fourth-order valence-electron chi connectivity index (χ4n) is 3.32. The Labute approximate surface area is 146 Å². The summed E-state index contributed by atoms with van der Waals surface area (Å²) in [4.78, 5) is 11.1. The standard InChI is InChI=1S/C18H20ClN5/c1-11(2)23-7-14(8-23)24-9-15(12-3-5-13(19)6-4-12)16-17(20)21-10-22-18(16)24/h3-6,9-11,14H,7-8H2,1-2H3,(H2,20,21,22). The first kappa shape index (κ1) is 15.4. The van der Waals surface area contributed by atoms with Crippen LogP contribution in [-0.4, -0.2) is 38.6 Å². The summed E-state index contributed by atoms with van der Waals surface area (Å²) >= 11 is 6.02. The third kappa shape index (κ3) is 2.44. The molecule has 0 aliphatic carbocycles. The van der Waals surface area contributed by atoms with E-state index in [0.29, 0.717) is 17.9 Å². The van der Waals surface area contributed by atoms with Gasteiger partial charge in [0.05, 0.1) is 11.4 Å². The predicted molar refractivity (Wildman–Crippen MR) is 98.1 cm³/mol. The summed E-state index contributed by atoms with van der Waals surface area (Å²) in [6.07, 6.45) is 3.69. The van der Waals surface area contributed by atoms with E-state index in [1.807, 2.05) is 24.3 Å². The zero-order valence-corrected chi connectivity index (χ0v) is 14.5. The minimum atomic E-state index is 0.422. The molecule has 0 amide bonds. The highest BCUT2D eigenvalue weighted by Gasteiger charge is 2.31. The van der Waals surface area contributed by atoms with Crippen LogP contribution in [0.4, 0.5) is 5.82 Å². The van der Waals surface area contributed by atoms with Crippen molar-refractivity contribution in [2.75, 3.05) is 18.8 Å². The third-order valence-corrected chi connectivity index (χ3v) is 5.06. The van der Waals surface area contributed by atoms with E-state index in [1.165, 1.54) is 0 Å². The van der Waals surface area contributed by atoms with E-state index in [2.05, 4.69) is 39.5 Å². The van der Waals surface area contributed by atoms with Crippen LogP contribution in [0.15, 0.2) is 36.8 Å². The first-order valence-corrected chi connectivity index (χ1v) is 8.53. The second-order valence-electron chi connectivity index (χ2n) is 6.62. The molecule has 6 heteroatoms. The lowest BCUT2D eigenvalue weighted by Crippen LogP contribution is -2.50.